The highest BCUT2D eigenvalue weighted by molar-refractivity contribution is 6.50. The third-order valence-corrected chi connectivity index (χ3v) is 1.61. The van der Waals surface area contributed by atoms with Crippen LogP contribution in [0, 0.1) is 0 Å². The monoisotopic (exact) mass is 163 g/mol. The zero-order chi connectivity index (χ0) is 8.10. The van der Waals surface area contributed by atoms with Crippen LogP contribution in [0.1, 0.15) is 0 Å². The molecule has 0 heterocycles. The second kappa shape index (κ2) is 4.17. The molecule has 0 fully saturated rings. The number of ether oxygens (including phenoxy) is 1. The van der Waals surface area contributed by atoms with E-state index in [9.17, 15) is 0 Å². The van der Waals surface area contributed by atoms with Gasteiger partial charge < -0.3 is 4.74 Å². The van der Waals surface area contributed by atoms with E-state index in [1.54, 1.807) is 7.11 Å². The van der Waals surface area contributed by atoms with E-state index in [0.717, 1.165) is 27.7 Å². The molecule has 0 spiro atoms. The van der Waals surface area contributed by atoms with Gasteiger partial charge in [0.25, 0.3) is 16.3 Å². The Balaban J connectivity index is 2.82. The van der Waals surface area contributed by atoms with E-state index >= 15 is 0 Å². The van der Waals surface area contributed by atoms with Crippen molar-refractivity contribution in [1.82, 2.24) is 0 Å². The lowest BCUT2D eigenvalue weighted by atomic mass is 10.3. The molecule has 0 radical (unpaired) electrons. The minimum absolute atomic E-state index is 0.872. The molecule has 0 amide bonds. The van der Waals surface area contributed by atoms with Crippen LogP contribution in [-0.4, -0.2) is 28.5 Å². The fourth-order valence-electron chi connectivity index (χ4n) is 0.817. The molecule has 3 heteroatoms. The molecule has 0 saturated carbocycles. The van der Waals surface area contributed by atoms with Crippen LogP contribution < -0.4 is 4.74 Å². The molecule has 1 rings (SSSR count). The second-order valence-electron chi connectivity index (χ2n) is 2.09. The van der Waals surface area contributed by atoms with E-state index in [-0.39, 0.29) is 0 Å². The van der Waals surface area contributed by atoms with E-state index in [0.29, 0.717) is 0 Å². The maximum Gasteiger partial charge on any atom is 0.277 e. The van der Waals surface area contributed by atoms with E-state index < -0.39 is 0 Å². The van der Waals surface area contributed by atoms with Gasteiger partial charge in [-0.2, -0.15) is 0 Å². The summed E-state index contributed by atoms with van der Waals surface area (Å²) in [5.74, 6) is 0.872. The summed E-state index contributed by atoms with van der Waals surface area (Å²) in [5, 5.41) is 1.90. The number of rotatable bonds is 2. The summed E-state index contributed by atoms with van der Waals surface area (Å²) >= 11 is 1.00. The van der Waals surface area contributed by atoms with Gasteiger partial charge in [-0.3, -0.25) is 4.99 Å². The molecule has 2 nitrogen and oxygen atoms in total. The van der Waals surface area contributed by atoms with Crippen molar-refractivity contribution in [3.05, 3.63) is 24.3 Å². The first kappa shape index (κ1) is 8.32. The van der Waals surface area contributed by atoms with Crippen LogP contribution in [0.15, 0.2) is 29.3 Å². The number of methoxy groups -OCH3 is 1. The molecule has 0 aliphatic heterocycles. The van der Waals surface area contributed by atoms with E-state index in [1.807, 2.05) is 29.3 Å². The maximum absolute atomic E-state index is 5.00. The lowest BCUT2D eigenvalue weighted by molar-refractivity contribution is 0.415. The Morgan fingerprint density at radius 3 is 2.45 bits per heavy atom. The highest BCUT2D eigenvalue weighted by Gasteiger charge is 1.88. The highest BCUT2D eigenvalue weighted by Crippen LogP contribution is 2.16. The molecule has 0 bridgehead atoms. The van der Waals surface area contributed by atoms with Crippen molar-refractivity contribution in [3.63, 3.8) is 0 Å². The Morgan fingerprint density at radius 2 is 2.00 bits per heavy atom. The first-order valence-electron chi connectivity index (χ1n) is 3.49. The van der Waals surface area contributed by atoms with Crippen LogP contribution in [-0.2, 0) is 0 Å². The Morgan fingerprint density at radius 1 is 1.36 bits per heavy atom. The van der Waals surface area contributed by atoms with Crippen molar-refractivity contribution in [2.75, 3.05) is 7.11 Å². The summed E-state index contributed by atoms with van der Waals surface area (Å²) < 4.78 is 5.00. The summed E-state index contributed by atoms with van der Waals surface area (Å²) in [6.07, 6.45) is 0. The number of hydrogen-bond acceptors (Lipinski definition) is 2. The van der Waals surface area contributed by atoms with Gasteiger partial charge in [-0.05, 0) is 24.3 Å². The Labute approximate surface area is 74.3 Å². The number of aliphatic imine (C=N–C) groups is 1. The van der Waals surface area contributed by atoms with Crippen molar-refractivity contribution < 1.29 is 4.74 Å². The average Bonchev–Trinajstić information content (AvgIpc) is 2.07. The van der Waals surface area contributed by atoms with Crippen LogP contribution >= 0.6 is 0 Å². The second-order valence-corrected chi connectivity index (χ2v) is 2.60. The summed E-state index contributed by atoms with van der Waals surface area (Å²) in [6.45, 7) is 0. The molecule has 0 aromatic heterocycles. The summed E-state index contributed by atoms with van der Waals surface area (Å²) in [7, 11) is 1.66. The minimum Gasteiger partial charge on any atom is -0.497 e. The molecular weight excluding hydrogens is 153 g/mol. The standard InChI is InChI=1S/C8H8NO.Al.2H/c1-9-7-3-5-8(10-2)6-4-7;;;/h1,3-6H,2H3;;;. The molecule has 0 unspecified atom stereocenters. The smallest absolute Gasteiger partial charge is 0.277 e. The molecule has 0 aliphatic carbocycles. The Bertz CT molecular complexity index is 243. The van der Waals surface area contributed by atoms with Gasteiger partial charge in [-0.1, -0.05) is 5.08 Å². The highest BCUT2D eigenvalue weighted by atomic mass is 27.0. The number of hydrogen-bond donors (Lipinski definition) is 0. The van der Waals surface area contributed by atoms with Gasteiger partial charge in [-0.25, -0.2) is 0 Å². The summed E-state index contributed by atoms with van der Waals surface area (Å²) in [5.41, 5.74) is 0.987. The van der Waals surface area contributed by atoms with Gasteiger partial charge in [0.15, 0.2) is 0 Å². The first-order chi connectivity index (χ1) is 5.36. The number of benzene rings is 1. The molecule has 0 aliphatic rings. The average molecular weight is 163 g/mol. The Hall–Kier alpha value is -0.778. The van der Waals surface area contributed by atoms with Crippen molar-refractivity contribution in [2.45, 2.75) is 0 Å². The largest absolute Gasteiger partial charge is 0.497 e. The molecule has 11 heavy (non-hydrogen) atoms. The molecule has 0 saturated heterocycles. The predicted octanol–water partition coefficient (Wildman–Crippen LogP) is 0.988. The van der Waals surface area contributed by atoms with Crippen molar-refractivity contribution in [3.8, 4) is 5.75 Å². The van der Waals surface area contributed by atoms with Gasteiger partial charge in [0.2, 0.25) is 0 Å². The predicted molar refractivity (Wildman–Crippen MR) is 49.7 cm³/mol. The Kier molecular flexibility index (Phi) is 3.16. The van der Waals surface area contributed by atoms with E-state index in [4.69, 9.17) is 4.74 Å². The molecule has 0 N–H and O–H groups in total. The van der Waals surface area contributed by atoms with Crippen LogP contribution in [0.5, 0.6) is 5.75 Å². The van der Waals surface area contributed by atoms with Gasteiger partial charge in [0, 0.05) is 0 Å². The molecule has 1 aromatic carbocycles. The third kappa shape index (κ3) is 2.38. The molecular formula is C8H10AlNO. The molecule has 0 atom stereocenters. The SMILES string of the molecule is COc1ccc(N=[CH][AlH2])cc1. The van der Waals surface area contributed by atoms with Crippen LogP contribution in [0.4, 0.5) is 5.69 Å². The van der Waals surface area contributed by atoms with Crippen molar-refractivity contribution in [2.24, 2.45) is 4.99 Å². The maximum atomic E-state index is 5.00. The molecule has 1 aromatic rings. The topological polar surface area (TPSA) is 21.6 Å². The minimum atomic E-state index is 0.872. The van der Waals surface area contributed by atoms with E-state index in [1.165, 1.54) is 0 Å². The molecule has 56 valence electrons. The lowest BCUT2D eigenvalue weighted by Gasteiger charge is -1.97. The zero-order valence-electron chi connectivity index (χ0n) is 6.74. The zero-order valence-corrected chi connectivity index (χ0v) is 8.74. The van der Waals surface area contributed by atoms with Crippen LogP contribution in [0.3, 0.4) is 0 Å². The van der Waals surface area contributed by atoms with Gasteiger partial charge in [0.1, 0.15) is 5.75 Å². The fraction of sp³-hybridized carbons (Fsp3) is 0.125. The van der Waals surface area contributed by atoms with Gasteiger partial charge in [-0.15, -0.1) is 0 Å². The quantitative estimate of drug-likeness (QED) is 0.470. The lowest BCUT2D eigenvalue weighted by Crippen LogP contribution is -1.79. The van der Waals surface area contributed by atoms with Gasteiger partial charge in [0.05, 0.1) is 12.8 Å². The van der Waals surface area contributed by atoms with Crippen molar-refractivity contribution in [1.29, 1.82) is 0 Å². The number of nitrogens with zero attached hydrogens (tertiary/aromatic N) is 1. The third-order valence-electron chi connectivity index (χ3n) is 1.35. The summed E-state index contributed by atoms with van der Waals surface area (Å²) in [6, 6.07) is 7.69. The van der Waals surface area contributed by atoms with Crippen molar-refractivity contribution >= 4 is 27.1 Å². The first-order valence-corrected chi connectivity index (χ1v) is 4.65. The van der Waals surface area contributed by atoms with Crippen LogP contribution in [0.2, 0.25) is 0 Å². The van der Waals surface area contributed by atoms with Gasteiger partial charge >= 0.3 is 0 Å². The summed E-state index contributed by atoms with van der Waals surface area (Å²) in [4.78, 5) is 4.16. The fourth-order valence-corrected chi connectivity index (χ4v) is 1.12. The normalized spacial score (nSPS) is 10.3. The van der Waals surface area contributed by atoms with E-state index in [2.05, 4.69) is 4.99 Å². The van der Waals surface area contributed by atoms with Crippen LogP contribution in [0.25, 0.3) is 0 Å².